The highest BCUT2D eigenvalue weighted by molar-refractivity contribution is 14.0. The van der Waals surface area contributed by atoms with Gasteiger partial charge >= 0.3 is 0 Å². The second-order valence-electron chi connectivity index (χ2n) is 4.20. The lowest BCUT2D eigenvalue weighted by molar-refractivity contribution is 0.374. The van der Waals surface area contributed by atoms with Crippen LogP contribution in [-0.4, -0.2) is 24.7 Å². The van der Waals surface area contributed by atoms with Crippen molar-refractivity contribution in [3.05, 3.63) is 17.5 Å². The quantitative estimate of drug-likeness (QED) is 0.331. The summed E-state index contributed by atoms with van der Waals surface area (Å²) >= 11 is 0. The number of aromatic nitrogens is 1. The monoisotopic (exact) mass is 380 g/mol. The summed E-state index contributed by atoms with van der Waals surface area (Å²) in [5.74, 6) is 1.64. The first kappa shape index (κ1) is 18.2. The second-order valence-corrected chi connectivity index (χ2v) is 4.20. The number of unbranched alkanes of at least 4 members (excludes halogenated alkanes) is 2. The number of aliphatic imine (C=N–C) groups is 1. The number of aryl methyl sites for hydroxylation is 1. The van der Waals surface area contributed by atoms with Crippen molar-refractivity contribution in [3.8, 4) is 0 Å². The van der Waals surface area contributed by atoms with E-state index in [1.807, 2.05) is 6.07 Å². The maximum atomic E-state index is 5.20. The van der Waals surface area contributed by atoms with E-state index in [4.69, 9.17) is 4.52 Å². The Hall–Kier alpha value is -0.790. The highest BCUT2D eigenvalue weighted by Crippen LogP contribution is 2.03. The van der Waals surface area contributed by atoms with Gasteiger partial charge in [0.2, 0.25) is 0 Å². The maximum Gasteiger partial charge on any atom is 0.191 e. The fourth-order valence-electron chi connectivity index (χ4n) is 1.58. The lowest BCUT2D eigenvalue weighted by Gasteiger charge is -2.10. The molecule has 1 aromatic rings. The Balaban J connectivity index is 0.00000324. The van der Waals surface area contributed by atoms with Crippen LogP contribution in [0.15, 0.2) is 15.6 Å². The molecule has 1 rings (SSSR count). The zero-order valence-electron chi connectivity index (χ0n) is 12.0. The normalized spacial score (nSPS) is 11.0. The Labute approximate surface area is 132 Å². The van der Waals surface area contributed by atoms with E-state index < -0.39 is 0 Å². The van der Waals surface area contributed by atoms with Crippen molar-refractivity contribution in [3.63, 3.8) is 0 Å². The van der Waals surface area contributed by atoms with E-state index in [2.05, 4.69) is 34.6 Å². The van der Waals surface area contributed by atoms with Gasteiger partial charge in [0.15, 0.2) is 11.7 Å². The molecule has 0 amide bonds. The first-order valence-corrected chi connectivity index (χ1v) is 6.69. The third kappa shape index (κ3) is 7.39. The summed E-state index contributed by atoms with van der Waals surface area (Å²) in [4.78, 5) is 4.16. The summed E-state index contributed by atoms with van der Waals surface area (Å²) in [5.41, 5.74) is 0.984. The average molecular weight is 380 g/mol. The SMILES string of the molecule is CCCCCNC(=NC)NCc1cc(CC)no1.I. The standard InChI is InChI=1S/C13H24N4O.HI/c1-4-6-7-8-15-13(14-3)16-10-12-9-11(5-2)17-18-12;/h9H,4-8,10H2,1-3H3,(H2,14,15,16);1H. The van der Waals surface area contributed by atoms with Crippen molar-refractivity contribution in [1.29, 1.82) is 0 Å². The molecule has 110 valence electrons. The molecule has 6 heteroatoms. The van der Waals surface area contributed by atoms with Gasteiger partial charge in [-0.1, -0.05) is 31.8 Å². The lowest BCUT2D eigenvalue weighted by Crippen LogP contribution is -2.37. The van der Waals surface area contributed by atoms with Crippen LogP contribution in [0, 0.1) is 0 Å². The van der Waals surface area contributed by atoms with E-state index in [0.29, 0.717) is 6.54 Å². The van der Waals surface area contributed by atoms with Gasteiger partial charge < -0.3 is 15.2 Å². The molecule has 0 aromatic carbocycles. The minimum Gasteiger partial charge on any atom is -0.359 e. The zero-order chi connectivity index (χ0) is 13.2. The molecule has 0 saturated carbocycles. The highest BCUT2D eigenvalue weighted by atomic mass is 127. The van der Waals surface area contributed by atoms with Crippen LogP contribution < -0.4 is 10.6 Å². The molecule has 0 aliphatic heterocycles. The van der Waals surface area contributed by atoms with Crippen LogP contribution >= 0.6 is 24.0 Å². The van der Waals surface area contributed by atoms with E-state index in [0.717, 1.165) is 30.4 Å². The minimum atomic E-state index is 0. The predicted octanol–water partition coefficient (Wildman–Crippen LogP) is 2.71. The molecule has 1 heterocycles. The number of rotatable bonds is 7. The molecule has 0 spiro atoms. The molecule has 0 fully saturated rings. The first-order chi connectivity index (χ1) is 8.80. The molecular weight excluding hydrogens is 355 g/mol. The highest BCUT2D eigenvalue weighted by Gasteiger charge is 2.03. The molecule has 5 nitrogen and oxygen atoms in total. The molecule has 0 atom stereocenters. The summed E-state index contributed by atoms with van der Waals surface area (Å²) in [6.07, 6.45) is 4.53. The minimum absolute atomic E-state index is 0. The van der Waals surface area contributed by atoms with Gasteiger partial charge in [0.25, 0.3) is 0 Å². The van der Waals surface area contributed by atoms with E-state index in [-0.39, 0.29) is 24.0 Å². The number of hydrogen-bond donors (Lipinski definition) is 2. The van der Waals surface area contributed by atoms with Gasteiger partial charge in [-0.3, -0.25) is 4.99 Å². The fourth-order valence-corrected chi connectivity index (χ4v) is 1.58. The van der Waals surface area contributed by atoms with E-state index in [9.17, 15) is 0 Å². The van der Waals surface area contributed by atoms with E-state index >= 15 is 0 Å². The summed E-state index contributed by atoms with van der Waals surface area (Å²) in [6.45, 7) is 5.82. The molecular formula is C13H25IN4O. The lowest BCUT2D eigenvalue weighted by atomic mass is 10.2. The summed E-state index contributed by atoms with van der Waals surface area (Å²) < 4.78 is 5.20. The van der Waals surface area contributed by atoms with Crippen LogP contribution in [0.1, 0.15) is 44.6 Å². The predicted molar refractivity (Wildman–Crippen MR) is 89.0 cm³/mol. The largest absolute Gasteiger partial charge is 0.359 e. The Kier molecular flexibility index (Phi) is 10.6. The van der Waals surface area contributed by atoms with Crippen LogP contribution in [0.3, 0.4) is 0 Å². The van der Waals surface area contributed by atoms with Crippen LogP contribution in [0.5, 0.6) is 0 Å². The molecule has 0 aliphatic rings. The zero-order valence-corrected chi connectivity index (χ0v) is 14.4. The summed E-state index contributed by atoms with van der Waals surface area (Å²) in [5, 5.41) is 10.4. The number of halogens is 1. The third-order valence-electron chi connectivity index (χ3n) is 2.70. The van der Waals surface area contributed by atoms with Crippen molar-refractivity contribution in [2.75, 3.05) is 13.6 Å². The van der Waals surface area contributed by atoms with Gasteiger partial charge in [0, 0.05) is 19.7 Å². The Morgan fingerprint density at radius 3 is 2.68 bits per heavy atom. The topological polar surface area (TPSA) is 62.5 Å². The Morgan fingerprint density at radius 2 is 2.11 bits per heavy atom. The van der Waals surface area contributed by atoms with Gasteiger partial charge in [-0.25, -0.2) is 0 Å². The van der Waals surface area contributed by atoms with Crippen LogP contribution in [0.25, 0.3) is 0 Å². The van der Waals surface area contributed by atoms with Crippen LogP contribution in [-0.2, 0) is 13.0 Å². The number of nitrogens with one attached hydrogen (secondary N) is 2. The summed E-state index contributed by atoms with van der Waals surface area (Å²) in [6, 6.07) is 1.97. The molecule has 0 aliphatic carbocycles. The van der Waals surface area contributed by atoms with Crippen molar-refractivity contribution in [2.45, 2.75) is 46.1 Å². The van der Waals surface area contributed by atoms with Gasteiger partial charge in [-0.15, -0.1) is 24.0 Å². The van der Waals surface area contributed by atoms with Crippen molar-refractivity contribution in [2.24, 2.45) is 4.99 Å². The molecule has 0 radical (unpaired) electrons. The van der Waals surface area contributed by atoms with Gasteiger partial charge in [0.05, 0.1) is 12.2 Å². The Morgan fingerprint density at radius 1 is 1.32 bits per heavy atom. The van der Waals surface area contributed by atoms with Crippen molar-refractivity contribution in [1.82, 2.24) is 15.8 Å². The molecule has 0 bridgehead atoms. The van der Waals surface area contributed by atoms with Gasteiger partial charge in [0.1, 0.15) is 0 Å². The number of hydrogen-bond acceptors (Lipinski definition) is 3. The summed E-state index contributed by atoms with van der Waals surface area (Å²) in [7, 11) is 1.77. The van der Waals surface area contributed by atoms with Crippen molar-refractivity contribution < 1.29 is 4.52 Å². The van der Waals surface area contributed by atoms with Gasteiger partial charge in [-0.05, 0) is 12.8 Å². The molecule has 19 heavy (non-hydrogen) atoms. The fraction of sp³-hybridized carbons (Fsp3) is 0.692. The number of nitrogens with zero attached hydrogens (tertiary/aromatic N) is 2. The Bertz CT molecular complexity index is 365. The third-order valence-corrected chi connectivity index (χ3v) is 2.70. The maximum absolute atomic E-state index is 5.20. The molecule has 2 N–H and O–H groups in total. The second kappa shape index (κ2) is 11.1. The average Bonchev–Trinajstić information content (AvgIpc) is 2.86. The van der Waals surface area contributed by atoms with Crippen molar-refractivity contribution >= 4 is 29.9 Å². The van der Waals surface area contributed by atoms with E-state index in [1.165, 1.54) is 19.3 Å². The molecule has 0 unspecified atom stereocenters. The van der Waals surface area contributed by atoms with E-state index in [1.54, 1.807) is 7.05 Å². The first-order valence-electron chi connectivity index (χ1n) is 6.69. The van der Waals surface area contributed by atoms with Gasteiger partial charge in [-0.2, -0.15) is 0 Å². The van der Waals surface area contributed by atoms with Crippen LogP contribution in [0.2, 0.25) is 0 Å². The smallest absolute Gasteiger partial charge is 0.191 e. The van der Waals surface area contributed by atoms with Crippen LogP contribution in [0.4, 0.5) is 0 Å². The molecule has 0 saturated heterocycles. The molecule has 1 aromatic heterocycles. The number of guanidine groups is 1.